The first-order valence-electron chi connectivity index (χ1n) is 12.8. The smallest absolute Gasteiger partial charge is 0.274 e. The van der Waals surface area contributed by atoms with Gasteiger partial charge in [0, 0.05) is 6.07 Å². The average Bonchev–Trinajstić information content (AvgIpc) is 3.30. The Hall–Kier alpha value is -5.07. The molecule has 1 aliphatic heterocycles. The van der Waals surface area contributed by atoms with E-state index in [0.29, 0.717) is 31.9 Å². The third-order valence-electron chi connectivity index (χ3n) is 6.96. The van der Waals surface area contributed by atoms with E-state index in [0.717, 1.165) is 28.0 Å². The summed E-state index contributed by atoms with van der Waals surface area (Å²) in [5, 5.41) is 13.2. The van der Waals surface area contributed by atoms with Gasteiger partial charge in [-0.2, -0.15) is 5.26 Å². The molecule has 0 bridgehead atoms. The highest BCUT2D eigenvalue weighted by Gasteiger charge is 2.36. The quantitative estimate of drug-likeness (QED) is 0.369. The van der Waals surface area contributed by atoms with Gasteiger partial charge in [0.25, 0.3) is 11.5 Å². The zero-order valence-corrected chi connectivity index (χ0v) is 23.8. The fourth-order valence-corrected chi connectivity index (χ4v) is 5.94. The van der Waals surface area contributed by atoms with Crippen molar-refractivity contribution in [3.8, 4) is 17.6 Å². The highest BCUT2D eigenvalue weighted by atomic mass is 32.1. The number of carbonyl (C=O) groups is 1. The molecule has 1 unspecified atom stereocenters. The lowest BCUT2D eigenvalue weighted by atomic mass is 9.83. The number of thiazole rings is 1. The molecule has 0 spiro atoms. The summed E-state index contributed by atoms with van der Waals surface area (Å²) in [5.74, 6) is -0.315. The minimum atomic E-state index is -0.796. The zero-order valence-electron chi connectivity index (χ0n) is 23.0. The molecule has 41 heavy (non-hydrogen) atoms. The van der Waals surface area contributed by atoms with Crippen LogP contribution in [-0.2, 0) is 4.79 Å². The molecule has 1 aromatic heterocycles. The summed E-state index contributed by atoms with van der Waals surface area (Å²) in [5.41, 5.74) is 10.5. The van der Waals surface area contributed by atoms with Gasteiger partial charge in [0.05, 0.1) is 47.6 Å². The summed E-state index contributed by atoms with van der Waals surface area (Å²) in [6, 6.07) is 22.5. The summed E-state index contributed by atoms with van der Waals surface area (Å²) in [7, 11) is 3.03. The maximum Gasteiger partial charge on any atom is 0.274 e. The zero-order chi connectivity index (χ0) is 29.3. The van der Waals surface area contributed by atoms with Crippen LogP contribution < -0.4 is 35.3 Å². The van der Waals surface area contributed by atoms with Crippen LogP contribution in [0.2, 0.25) is 0 Å². The molecule has 3 aromatic carbocycles. The van der Waals surface area contributed by atoms with Crippen molar-refractivity contribution in [1.29, 1.82) is 5.26 Å². The number of nitriles is 1. The van der Waals surface area contributed by atoms with E-state index in [1.807, 2.05) is 62.4 Å². The van der Waals surface area contributed by atoms with E-state index in [1.54, 1.807) is 31.4 Å². The monoisotopic (exact) mass is 564 g/mol. The van der Waals surface area contributed by atoms with Crippen molar-refractivity contribution in [1.82, 2.24) is 4.57 Å². The van der Waals surface area contributed by atoms with Crippen molar-refractivity contribution in [2.45, 2.75) is 19.8 Å². The summed E-state index contributed by atoms with van der Waals surface area (Å²) in [4.78, 5) is 27.8. The second-order valence-electron chi connectivity index (χ2n) is 9.66. The van der Waals surface area contributed by atoms with E-state index >= 15 is 0 Å². The molecule has 8 nitrogen and oxygen atoms in total. The molecule has 2 heterocycles. The Morgan fingerprint density at radius 2 is 1.68 bits per heavy atom. The van der Waals surface area contributed by atoms with Crippen LogP contribution in [0.1, 0.15) is 28.2 Å². The van der Waals surface area contributed by atoms with E-state index in [9.17, 15) is 14.9 Å². The number of nitrogens with two attached hydrogens (primary N) is 1. The molecule has 0 radical (unpaired) electrons. The van der Waals surface area contributed by atoms with Gasteiger partial charge in [-0.1, -0.05) is 59.7 Å². The van der Waals surface area contributed by atoms with Gasteiger partial charge in [-0.3, -0.25) is 14.2 Å². The van der Waals surface area contributed by atoms with E-state index in [1.165, 1.54) is 11.7 Å². The number of rotatable bonds is 6. The number of anilines is 1. The minimum absolute atomic E-state index is 0.0106. The summed E-state index contributed by atoms with van der Waals surface area (Å²) >= 11 is 1.16. The normalized spacial score (nSPS) is 14.9. The number of hydrogen-bond donors (Lipinski definition) is 2. The Morgan fingerprint density at radius 1 is 1.02 bits per heavy atom. The number of aryl methyl sites for hydroxylation is 2. The Kier molecular flexibility index (Phi) is 7.51. The highest BCUT2D eigenvalue weighted by Crippen LogP contribution is 2.37. The van der Waals surface area contributed by atoms with Gasteiger partial charge >= 0.3 is 0 Å². The van der Waals surface area contributed by atoms with Gasteiger partial charge < -0.3 is 20.5 Å². The maximum absolute atomic E-state index is 14.2. The van der Waals surface area contributed by atoms with Crippen molar-refractivity contribution >= 4 is 40.4 Å². The molecule has 5 rings (SSSR count). The minimum Gasteiger partial charge on any atom is -0.497 e. The topological polar surface area (TPSA) is 119 Å². The van der Waals surface area contributed by atoms with E-state index in [-0.39, 0.29) is 17.0 Å². The number of allylic oxidation sites excluding steroid dienone is 1. The largest absolute Gasteiger partial charge is 0.497 e. The lowest BCUT2D eigenvalue weighted by Crippen LogP contribution is -2.40. The van der Waals surface area contributed by atoms with E-state index in [2.05, 4.69) is 11.4 Å². The number of ether oxygens (including phenoxy) is 2. The van der Waals surface area contributed by atoms with Gasteiger partial charge in [0.15, 0.2) is 0 Å². The van der Waals surface area contributed by atoms with Gasteiger partial charge in [-0.15, -0.1) is 11.3 Å². The molecule has 0 aliphatic carbocycles. The molecule has 1 aliphatic rings. The van der Waals surface area contributed by atoms with Gasteiger partial charge in [-0.25, -0.2) is 0 Å². The number of amides is 1. The van der Waals surface area contributed by atoms with Crippen LogP contribution in [0, 0.1) is 25.2 Å². The molecule has 0 saturated heterocycles. The summed E-state index contributed by atoms with van der Waals surface area (Å²) in [6.45, 7) is 3.94. The number of nitrogens with zero attached hydrogens (tertiary/aromatic N) is 2. The Balaban J connectivity index is 1.78. The summed E-state index contributed by atoms with van der Waals surface area (Å²) in [6.07, 6.45) is 1.76. The molecular formula is C32H28N4O4S. The lowest BCUT2D eigenvalue weighted by molar-refractivity contribution is -0.111. The predicted octanol–water partition coefficient (Wildman–Crippen LogP) is 3.61. The lowest BCUT2D eigenvalue weighted by Gasteiger charge is -2.25. The Labute approximate surface area is 240 Å². The van der Waals surface area contributed by atoms with Gasteiger partial charge in [-0.05, 0) is 43.2 Å². The molecular weight excluding hydrogens is 536 g/mol. The van der Waals surface area contributed by atoms with Crippen molar-refractivity contribution in [2.75, 3.05) is 19.5 Å². The standard InChI is InChI=1S/C32H28N4O4S/c1-18-5-9-20(10-6-18)15-26-31(38)36-29(34)23(17-33)27(21-11-7-19(2)8-12-21)28(32(36)41-26)30(37)35-24-14-13-22(39-3)16-25(24)40-4/h5-16,27H,34H2,1-4H3,(H,35,37)/b26-15-. The predicted molar refractivity (Wildman–Crippen MR) is 161 cm³/mol. The molecule has 9 heteroatoms. The molecule has 1 atom stereocenters. The van der Waals surface area contributed by atoms with Crippen LogP contribution in [0.5, 0.6) is 11.5 Å². The van der Waals surface area contributed by atoms with Crippen LogP contribution in [0.15, 0.2) is 77.1 Å². The third-order valence-corrected chi connectivity index (χ3v) is 8.06. The third kappa shape index (κ3) is 5.13. The first kappa shape index (κ1) is 27.5. The number of aromatic nitrogens is 1. The summed E-state index contributed by atoms with van der Waals surface area (Å²) < 4.78 is 12.8. The number of methoxy groups -OCH3 is 2. The molecule has 3 N–H and O–H groups in total. The number of hydrogen-bond acceptors (Lipinski definition) is 7. The van der Waals surface area contributed by atoms with Crippen LogP contribution in [-0.4, -0.2) is 24.7 Å². The van der Waals surface area contributed by atoms with Crippen molar-refractivity contribution in [3.05, 3.63) is 114 Å². The molecule has 206 valence electrons. The molecule has 4 aromatic rings. The molecule has 0 fully saturated rings. The highest BCUT2D eigenvalue weighted by molar-refractivity contribution is 7.07. The maximum atomic E-state index is 14.2. The van der Waals surface area contributed by atoms with Crippen LogP contribution in [0.25, 0.3) is 17.5 Å². The average molecular weight is 565 g/mol. The SMILES string of the molecule is COc1ccc(NC(=O)C2=c3s/c(=C\c4ccc(C)cc4)c(=O)n3C(N)=C(C#N)C2c2ccc(C)cc2)c(OC)c1. The second kappa shape index (κ2) is 11.2. The fourth-order valence-electron chi connectivity index (χ4n) is 4.77. The first-order valence-corrected chi connectivity index (χ1v) is 13.6. The van der Waals surface area contributed by atoms with E-state index < -0.39 is 17.4 Å². The van der Waals surface area contributed by atoms with Crippen LogP contribution in [0.3, 0.4) is 0 Å². The van der Waals surface area contributed by atoms with Gasteiger partial charge in [0.2, 0.25) is 0 Å². The molecule has 0 saturated carbocycles. The van der Waals surface area contributed by atoms with Crippen LogP contribution >= 0.6 is 11.3 Å². The van der Waals surface area contributed by atoms with Crippen molar-refractivity contribution < 1.29 is 14.3 Å². The first-order chi connectivity index (χ1) is 19.7. The Bertz CT molecular complexity index is 1910. The van der Waals surface area contributed by atoms with Gasteiger partial charge in [0.1, 0.15) is 22.0 Å². The van der Waals surface area contributed by atoms with Crippen molar-refractivity contribution in [2.24, 2.45) is 5.73 Å². The second-order valence-corrected chi connectivity index (χ2v) is 10.7. The number of fused-ring (bicyclic) bond motifs is 1. The number of carbonyl (C=O) groups excluding carboxylic acids is 1. The van der Waals surface area contributed by atoms with Crippen LogP contribution in [0.4, 0.5) is 5.69 Å². The Morgan fingerprint density at radius 3 is 2.29 bits per heavy atom. The van der Waals surface area contributed by atoms with Crippen molar-refractivity contribution in [3.63, 3.8) is 0 Å². The van der Waals surface area contributed by atoms with E-state index in [4.69, 9.17) is 15.2 Å². The molecule has 1 amide bonds. The fraction of sp³-hybridized carbons (Fsp3) is 0.156. The number of benzene rings is 3. The number of nitrogens with one attached hydrogen (secondary N) is 1.